The van der Waals surface area contributed by atoms with Crippen LogP contribution in [-0.2, 0) is 6.54 Å². The number of likely N-dealkylation sites (tertiary alicyclic amines) is 1. The quantitative estimate of drug-likeness (QED) is 0.622. The van der Waals surface area contributed by atoms with Crippen molar-refractivity contribution >= 4 is 5.96 Å². The predicted octanol–water partition coefficient (Wildman–Crippen LogP) is 1.31. The van der Waals surface area contributed by atoms with Crippen molar-refractivity contribution in [2.45, 2.75) is 31.8 Å². The van der Waals surface area contributed by atoms with E-state index >= 15 is 0 Å². The Morgan fingerprint density at radius 3 is 2.72 bits per heavy atom. The van der Waals surface area contributed by atoms with E-state index in [4.69, 9.17) is 11.5 Å². The highest BCUT2D eigenvalue weighted by Crippen LogP contribution is 2.19. The number of benzene rings is 1. The summed E-state index contributed by atoms with van der Waals surface area (Å²) in [4.78, 5) is 6.66. The Morgan fingerprint density at radius 2 is 2.00 bits per heavy atom. The van der Waals surface area contributed by atoms with Crippen LogP contribution in [0.4, 0.5) is 0 Å². The maximum atomic E-state index is 5.42. The molecule has 4 nitrogen and oxygen atoms in total. The zero-order chi connectivity index (χ0) is 12.8. The number of guanidine groups is 1. The second-order valence-corrected chi connectivity index (χ2v) is 4.87. The summed E-state index contributed by atoms with van der Waals surface area (Å²) in [5.41, 5.74) is 12.2. The van der Waals surface area contributed by atoms with Crippen molar-refractivity contribution in [1.82, 2.24) is 4.90 Å². The molecule has 4 N–H and O–H groups in total. The Hall–Kier alpha value is -1.55. The monoisotopic (exact) mass is 246 g/mol. The lowest BCUT2D eigenvalue weighted by Gasteiger charge is -2.34. The van der Waals surface area contributed by atoms with E-state index < -0.39 is 0 Å². The van der Waals surface area contributed by atoms with Crippen LogP contribution < -0.4 is 11.5 Å². The predicted molar refractivity (Wildman–Crippen MR) is 75.2 cm³/mol. The minimum Gasteiger partial charge on any atom is -0.370 e. The number of piperidine rings is 1. The third-order valence-corrected chi connectivity index (χ3v) is 3.46. The van der Waals surface area contributed by atoms with Gasteiger partial charge in [0, 0.05) is 12.6 Å². The minimum atomic E-state index is 0.195. The van der Waals surface area contributed by atoms with Crippen molar-refractivity contribution in [3.8, 4) is 0 Å². The van der Waals surface area contributed by atoms with Gasteiger partial charge in [-0.25, -0.2) is 0 Å². The van der Waals surface area contributed by atoms with Crippen molar-refractivity contribution in [2.24, 2.45) is 16.5 Å². The van der Waals surface area contributed by atoms with Crippen molar-refractivity contribution in [2.75, 3.05) is 13.1 Å². The molecule has 1 fully saturated rings. The molecule has 1 heterocycles. The lowest BCUT2D eigenvalue weighted by atomic mass is 10.0. The average molecular weight is 246 g/mol. The molecule has 1 aliphatic heterocycles. The maximum absolute atomic E-state index is 5.42. The van der Waals surface area contributed by atoms with Gasteiger partial charge in [-0.2, -0.15) is 0 Å². The Balaban J connectivity index is 1.97. The van der Waals surface area contributed by atoms with Gasteiger partial charge >= 0.3 is 0 Å². The van der Waals surface area contributed by atoms with Gasteiger partial charge < -0.3 is 11.5 Å². The summed E-state index contributed by atoms with van der Waals surface area (Å²) in [5, 5.41) is 0. The van der Waals surface area contributed by atoms with Gasteiger partial charge in [0.25, 0.3) is 0 Å². The van der Waals surface area contributed by atoms with Crippen LogP contribution in [0.3, 0.4) is 0 Å². The molecule has 2 rings (SSSR count). The fourth-order valence-electron chi connectivity index (χ4n) is 2.50. The van der Waals surface area contributed by atoms with E-state index in [1.54, 1.807) is 0 Å². The standard InChI is InChI=1S/C14H22N4/c15-14(16)17-10-13-8-4-5-9-18(13)11-12-6-2-1-3-7-12/h1-3,6-7,13H,4-5,8-11H2,(H4,15,16,17). The number of hydrogen-bond acceptors (Lipinski definition) is 2. The van der Waals surface area contributed by atoms with Gasteiger partial charge in [-0.3, -0.25) is 9.89 Å². The van der Waals surface area contributed by atoms with Crippen molar-refractivity contribution in [3.05, 3.63) is 35.9 Å². The third kappa shape index (κ3) is 3.74. The second-order valence-electron chi connectivity index (χ2n) is 4.87. The molecule has 0 spiro atoms. The smallest absolute Gasteiger partial charge is 0.185 e. The van der Waals surface area contributed by atoms with Crippen LogP contribution in [0.25, 0.3) is 0 Å². The largest absolute Gasteiger partial charge is 0.370 e. The molecule has 0 aliphatic carbocycles. The average Bonchev–Trinajstić information content (AvgIpc) is 2.39. The molecule has 0 amide bonds. The van der Waals surface area contributed by atoms with Crippen LogP contribution in [0.15, 0.2) is 35.3 Å². The summed E-state index contributed by atoms with van der Waals surface area (Å²) in [6.07, 6.45) is 3.73. The zero-order valence-corrected chi connectivity index (χ0v) is 10.8. The molecule has 0 radical (unpaired) electrons. The van der Waals surface area contributed by atoms with Gasteiger partial charge in [-0.1, -0.05) is 36.8 Å². The van der Waals surface area contributed by atoms with Gasteiger partial charge in [0.1, 0.15) is 0 Å². The van der Waals surface area contributed by atoms with Crippen LogP contribution in [0, 0.1) is 0 Å². The topological polar surface area (TPSA) is 67.6 Å². The molecule has 4 heteroatoms. The van der Waals surface area contributed by atoms with E-state index in [0.29, 0.717) is 6.04 Å². The van der Waals surface area contributed by atoms with Crippen molar-refractivity contribution in [1.29, 1.82) is 0 Å². The molecule has 1 atom stereocenters. The molecular weight excluding hydrogens is 224 g/mol. The molecule has 0 aromatic heterocycles. The third-order valence-electron chi connectivity index (χ3n) is 3.46. The number of nitrogens with two attached hydrogens (primary N) is 2. The molecule has 1 aromatic carbocycles. The number of aliphatic imine (C=N–C) groups is 1. The van der Waals surface area contributed by atoms with Gasteiger partial charge in [-0.15, -0.1) is 0 Å². The molecule has 1 saturated heterocycles. The SMILES string of the molecule is NC(N)=NCC1CCCCN1Cc1ccccc1. The molecule has 18 heavy (non-hydrogen) atoms. The van der Waals surface area contributed by atoms with E-state index in [0.717, 1.165) is 19.6 Å². The fraction of sp³-hybridized carbons (Fsp3) is 0.500. The van der Waals surface area contributed by atoms with Gasteiger partial charge in [0.15, 0.2) is 5.96 Å². The number of hydrogen-bond donors (Lipinski definition) is 2. The van der Waals surface area contributed by atoms with Crippen LogP contribution in [0.2, 0.25) is 0 Å². The van der Waals surface area contributed by atoms with Gasteiger partial charge in [0.2, 0.25) is 0 Å². The molecule has 98 valence electrons. The second kappa shape index (κ2) is 6.40. The first-order valence-electron chi connectivity index (χ1n) is 6.59. The Labute approximate surface area is 109 Å². The number of nitrogens with zero attached hydrogens (tertiary/aromatic N) is 2. The van der Waals surface area contributed by atoms with Crippen LogP contribution in [0.1, 0.15) is 24.8 Å². The first kappa shape index (κ1) is 12.9. The molecule has 1 aliphatic rings. The van der Waals surface area contributed by atoms with Crippen LogP contribution >= 0.6 is 0 Å². The first-order chi connectivity index (χ1) is 8.75. The minimum absolute atomic E-state index is 0.195. The van der Waals surface area contributed by atoms with Crippen molar-refractivity contribution in [3.63, 3.8) is 0 Å². The Kier molecular flexibility index (Phi) is 4.59. The van der Waals surface area contributed by atoms with Crippen molar-refractivity contribution < 1.29 is 0 Å². The highest BCUT2D eigenvalue weighted by molar-refractivity contribution is 5.75. The van der Waals surface area contributed by atoms with Gasteiger partial charge in [-0.05, 0) is 24.9 Å². The van der Waals surface area contributed by atoms with Gasteiger partial charge in [0.05, 0.1) is 6.54 Å². The van der Waals surface area contributed by atoms with E-state index in [-0.39, 0.29) is 5.96 Å². The summed E-state index contributed by atoms with van der Waals surface area (Å²) in [6.45, 7) is 2.85. The van der Waals surface area contributed by atoms with E-state index in [1.807, 2.05) is 0 Å². The first-order valence-corrected chi connectivity index (χ1v) is 6.59. The molecule has 1 aromatic rings. The Bertz CT molecular complexity index is 384. The molecular formula is C14H22N4. The number of rotatable bonds is 4. The highest BCUT2D eigenvalue weighted by Gasteiger charge is 2.21. The summed E-state index contributed by atoms with van der Waals surface area (Å²) in [5.74, 6) is 0.195. The normalized spacial score (nSPS) is 20.6. The molecule has 0 bridgehead atoms. The van der Waals surface area contributed by atoms with Crippen LogP contribution in [0.5, 0.6) is 0 Å². The lowest BCUT2D eigenvalue weighted by Crippen LogP contribution is -2.41. The molecule has 0 saturated carbocycles. The summed E-state index contributed by atoms with van der Waals surface area (Å²) in [7, 11) is 0. The summed E-state index contributed by atoms with van der Waals surface area (Å²) < 4.78 is 0. The van der Waals surface area contributed by atoms with Crippen LogP contribution in [-0.4, -0.2) is 30.0 Å². The maximum Gasteiger partial charge on any atom is 0.185 e. The molecule has 1 unspecified atom stereocenters. The fourth-order valence-corrected chi connectivity index (χ4v) is 2.50. The van der Waals surface area contributed by atoms with E-state index in [1.165, 1.54) is 24.8 Å². The highest BCUT2D eigenvalue weighted by atomic mass is 15.2. The van der Waals surface area contributed by atoms with E-state index in [2.05, 4.69) is 40.2 Å². The Morgan fingerprint density at radius 1 is 1.22 bits per heavy atom. The summed E-state index contributed by atoms with van der Waals surface area (Å²) in [6, 6.07) is 11.0. The zero-order valence-electron chi connectivity index (χ0n) is 10.8. The lowest BCUT2D eigenvalue weighted by molar-refractivity contribution is 0.145. The van der Waals surface area contributed by atoms with E-state index in [9.17, 15) is 0 Å². The summed E-state index contributed by atoms with van der Waals surface area (Å²) >= 11 is 0.